The smallest absolute Gasteiger partial charge is 0.341 e. The van der Waals surface area contributed by atoms with Gasteiger partial charge in [-0.15, -0.1) is 0 Å². The zero-order valence-corrected chi connectivity index (χ0v) is 13.1. The normalized spacial score (nSPS) is 12.1. The Bertz CT molecular complexity index is 620. The summed E-state index contributed by atoms with van der Waals surface area (Å²) in [6.07, 6.45) is -2.88. The molecule has 0 fully saturated rings. The first-order valence-electron chi connectivity index (χ1n) is 6.41. The number of imidazole rings is 1. The van der Waals surface area contributed by atoms with Crippen molar-refractivity contribution in [2.75, 3.05) is 0 Å². The van der Waals surface area contributed by atoms with Crippen LogP contribution in [0.5, 0.6) is 0 Å². The van der Waals surface area contributed by atoms with E-state index < -0.39 is 11.7 Å². The van der Waals surface area contributed by atoms with Crippen LogP contribution in [0.25, 0.3) is 11.4 Å². The Morgan fingerprint density at radius 1 is 1.33 bits per heavy atom. The Hall–Kier alpha value is -1.34. The maximum atomic E-state index is 13.1. The number of aromatic amines is 1. The molecule has 0 unspecified atom stereocenters. The predicted octanol–water partition coefficient (Wildman–Crippen LogP) is 4.36. The molecule has 2 aromatic rings. The first-order valence-corrected chi connectivity index (χ1v) is 7.21. The number of nitrogens with zero attached hydrogens (tertiary/aromatic N) is 1. The summed E-state index contributed by atoms with van der Waals surface area (Å²) in [7, 11) is 0. The van der Waals surface area contributed by atoms with Crippen LogP contribution < -0.4 is 5.32 Å². The standard InChI is InChI=1S/C14H15BrF3N3/c1-8(2)19-6-10-7-20-13(21-10)11-4-3-9(15)5-12(11)14(16,17)18/h3-5,7-8,19H,6H2,1-2H3,(H,20,21). The molecule has 0 spiro atoms. The molecule has 0 radical (unpaired) electrons. The van der Waals surface area contributed by atoms with E-state index in [4.69, 9.17) is 0 Å². The lowest BCUT2D eigenvalue weighted by Gasteiger charge is -2.11. The van der Waals surface area contributed by atoms with Crippen molar-refractivity contribution in [3.05, 3.63) is 40.1 Å². The van der Waals surface area contributed by atoms with E-state index in [1.54, 1.807) is 12.3 Å². The summed E-state index contributed by atoms with van der Waals surface area (Å²) in [4.78, 5) is 6.99. The molecule has 7 heteroatoms. The highest BCUT2D eigenvalue weighted by molar-refractivity contribution is 9.10. The summed E-state index contributed by atoms with van der Waals surface area (Å²) >= 11 is 3.07. The zero-order chi connectivity index (χ0) is 15.6. The Kier molecular flexibility index (Phi) is 4.73. The van der Waals surface area contributed by atoms with Crippen molar-refractivity contribution in [2.24, 2.45) is 0 Å². The number of halogens is 4. The largest absolute Gasteiger partial charge is 0.417 e. The third kappa shape index (κ3) is 4.07. The summed E-state index contributed by atoms with van der Waals surface area (Å²) < 4.78 is 39.7. The number of hydrogen-bond acceptors (Lipinski definition) is 2. The van der Waals surface area contributed by atoms with E-state index in [1.807, 2.05) is 13.8 Å². The second kappa shape index (κ2) is 6.19. The van der Waals surface area contributed by atoms with Crippen molar-refractivity contribution in [3.8, 4) is 11.4 Å². The quantitative estimate of drug-likeness (QED) is 0.849. The number of H-pyrrole nitrogens is 1. The van der Waals surface area contributed by atoms with Crippen LogP contribution in [0.2, 0.25) is 0 Å². The lowest BCUT2D eigenvalue weighted by Crippen LogP contribution is -2.21. The molecule has 2 rings (SSSR count). The van der Waals surface area contributed by atoms with Crippen LogP contribution in [0.1, 0.15) is 25.1 Å². The molecule has 1 heterocycles. The summed E-state index contributed by atoms with van der Waals surface area (Å²) in [5.41, 5.74) is 0.0748. The molecule has 0 saturated carbocycles. The molecule has 0 amide bonds. The Morgan fingerprint density at radius 2 is 2.05 bits per heavy atom. The maximum absolute atomic E-state index is 13.1. The van der Waals surface area contributed by atoms with Gasteiger partial charge in [-0.3, -0.25) is 0 Å². The monoisotopic (exact) mass is 361 g/mol. The molecule has 0 saturated heterocycles. The molecule has 0 aliphatic carbocycles. The van der Waals surface area contributed by atoms with E-state index >= 15 is 0 Å². The van der Waals surface area contributed by atoms with Gasteiger partial charge in [0.15, 0.2) is 0 Å². The molecule has 3 nitrogen and oxygen atoms in total. The number of nitrogens with one attached hydrogen (secondary N) is 2. The van der Waals surface area contributed by atoms with Crippen LogP contribution in [0.3, 0.4) is 0 Å². The first-order chi connectivity index (χ1) is 9.77. The SMILES string of the molecule is CC(C)NCc1cnc(-c2ccc(Br)cc2C(F)(F)F)[nH]1. The third-order valence-corrected chi connectivity index (χ3v) is 3.36. The van der Waals surface area contributed by atoms with Gasteiger partial charge in [0.1, 0.15) is 5.82 Å². The van der Waals surface area contributed by atoms with Crippen molar-refractivity contribution in [2.45, 2.75) is 32.6 Å². The van der Waals surface area contributed by atoms with Crippen LogP contribution in [0.4, 0.5) is 13.2 Å². The minimum Gasteiger partial charge on any atom is -0.341 e. The number of aromatic nitrogens is 2. The van der Waals surface area contributed by atoms with Crippen LogP contribution in [0, 0.1) is 0 Å². The summed E-state index contributed by atoms with van der Waals surface area (Å²) in [6.45, 7) is 4.52. The van der Waals surface area contributed by atoms with Crippen LogP contribution in [0.15, 0.2) is 28.9 Å². The van der Waals surface area contributed by atoms with Gasteiger partial charge in [-0.2, -0.15) is 13.2 Å². The molecular weight excluding hydrogens is 347 g/mol. The minimum absolute atomic E-state index is 0.0431. The van der Waals surface area contributed by atoms with Crippen molar-refractivity contribution in [3.63, 3.8) is 0 Å². The molecule has 0 atom stereocenters. The van der Waals surface area contributed by atoms with Gasteiger partial charge < -0.3 is 10.3 Å². The van der Waals surface area contributed by atoms with Crippen molar-refractivity contribution < 1.29 is 13.2 Å². The van der Waals surface area contributed by atoms with Crippen molar-refractivity contribution in [1.82, 2.24) is 15.3 Å². The first kappa shape index (κ1) is 16.0. The summed E-state index contributed by atoms with van der Waals surface area (Å²) in [5.74, 6) is 0.218. The van der Waals surface area contributed by atoms with Crippen molar-refractivity contribution in [1.29, 1.82) is 0 Å². The summed E-state index contributed by atoms with van der Waals surface area (Å²) in [6, 6.07) is 4.32. The molecule has 1 aromatic carbocycles. The fraction of sp³-hybridized carbons (Fsp3) is 0.357. The van der Waals surface area contributed by atoms with E-state index in [9.17, 15) is 13.2 Å². The van der Waals surface area contributed by atoms with Gasteiger partial charge in [0, 0.05) is 34.5 Å². The molecule has 21 heavy (non-hydrogen) atoms. The number of rotatable bonds is 4. The van der Waals surface area contributed by atoms with Crippen LogP contribution >= 0.6 is 15.9 Å². The molecule has 0 aliphatic heterocycles. The lowest BCUT2D eigenvalue weighted by atomic mass is 10.1. The fourth-order valence-electron chi connectivity index (χ4n) is 1.86. The van der Waals surface area contributed by atoms with Gasteiger partial charge in [-0.25, -0.2) is 4.98 Å². The zero-order valence-electron chi connectivity index (χ0n) is 11.6. The topological polar surface area (TPSA) is 40.7 Å². The average molecular weight is 362 g/mol. The Balaban J connectivity index is 2.34. The highest BCUT2D eigenvalue weighted by Crippen LogP contribution is 2.37. The van der Waals surface area contributed by atoms with E-state index in [-0.39, 0.29) is 17.4 Å². The Labute approximate surface area is 129 Å². The molecule has 0 aliphatic rings. The molecule has 2 N–H and O–H groups in total. The van der Waals surface area contributed by atoms with E-state index in [0.29, 0.717) is 11.0 Å². The van der Waals surface area contributed by atoms with Crippen LogP contribution in [-0.2, 0) is 12.7 Å². The maximum Gasteiger partial charge on any atom is 0.417 e. The molecular formula is C14H15BrF3N3. The van der Waals surface area contributed by atoms with Gasteiger partial charge in [-0.1, -0.05) is 29.8 Å². The molecule has 114 valence electrons. The highest BCUT2D eigenvalue weighted by Gasteiger charge is 2.34. The van der Waals surface area contributed by atoms with Gasteiger partial charge in [0.05, 0.1) is 5.56 Å². The Morgan fingerprint density at radius 3 is 2.67 bits per heavy atom. The second-order valence-corrected chi connectivity index (χ2v) is 5.90. The van der Waals surface area contributed by atoms with Crippen LogP contribution in [-0.4, -0.2) is 16.0 Å². The summed E-state index contributed by atoms with van der Waals surface area (Å²) in [5, 5.41) is 3.18. The van der Waals surface area contributed by atoms with Gasteiger partial charge in [-0.05, 0) is 18.2 Å². The van der Waals surface area contributed by atoms with Gasteiger partial charge >= 0.3 is 6.18 Å². The lowest BCUT2D eigenvalue weighted by molar-refractivity contribution is -0.137. The van der Waals surface area contributed by atoms with E-state index in [2.05, 4.69) is 31.2 Å². The number of hydrogen-bond donors (Lipinski definition) is 2. The number of alkyl halides is 3. The highest BCUT2D eigenvalue weighted by atomic mass is 79.9. The molecule has 1 aromatic heterocycles. The van der Waals surface area contributed by atoms with Gasteiger partial charge in [0.2, 0.25) is 0 Å². The fourth-order valence-corrected chi connectivity index (χ4v) is 2.22. The second-order valence-electron chi connectivity index (χ2n) is 4.98. The van der Waals surface area contributed by atoms with E-state index in [1.165, 1.54) is 6.07 Å². The van der Waals surface area contributed by atoms with E-state index in [0.717, 1.165) is 11.8 Å². The van der Waals surface area contributed by atoms with Gasteiger partial charge in [0.25, 0.3) is 0 Å². The predicted molar refractivity (Wildman–Crippen MR) is 78.7 cm³/mol. The average Bonchev–Trinajstić information content (AvgIpc) is 2.84. The minimum atomic E-state index is -4.43. The number of benzene rings is 1. The third-order valence-electron chi connectivity index (χ3n) is 2.87. The molecule has 0 bridgehead atoms. The van der Waals surface area contributed by atoms with Crippen molar-refractivity contribution >= 4 is 15.9 Å².